The first-order valence-electron chi connectivity index (χ1n) is 21.3. The second-order valence-corrected chi connectivity index (χ2v) is 18.4. The van der Waals surface area contributed by atoms with Crippen molar-refractivity contribution in [2.24, 2.45) is 9.98 Å². The lowest BCUT2D eigenvalue weighted by Crippen LogP contribution is -2.55. The number of alkyl carbamates (subject to hydrolysis) is 2. The van der Waals surface area contributed by atoms with Gasteiger partial charge in [-0.3, -0.25) is 4.90 Å². The molecule has 3 N–H and O–H groups in total. The summed E-state index contributed by atoms with van der Waals surface area (Å²) in [7, 11) is 0. The normalized spacial score (nSPS) is 20.0. The maximum atomic E-state index is 14.3. The second kappa shape index (κ2) is 24.9. The van der Waals surface area contributed by atoms with Gasteiger partial charge in [-0.1, -0.05) is 50.2 Å². The van der Waals surface area contributed by atoms with E-state index in [4.69, 9.17) is 34.2 Å². The number of carbonyl (C=O) groups is 2. The highest BCUT2D eigenvalue weighted by atomic mass is 35.5. The van der Waals surface area contributed by atoms with Gasteiger partial charge in [-0.25, -0.2) is 38.0 Å². The summed E-state index contributed by atoms with van der Waals surface area (Å²) in [5.74, 6) is 0.852. The molecule has 0 unspecified atom stereocenters. The molecule has 0 spiro atoms. The van der Waals surface area contributed by atoms with Crippen molar-refractivity contribution in [1.82, 2.24) is 25.8 Å². The maximum absolute atomic E-state index is 14.3. The number of nitrogens with one attached hydrogen (secondary N) is 3. The van der Waals surface area contributed by atoms with E-state index in [9.17, 15) is 18.4 Å². The molecule has 0 aliphatic carbocycles. The van der Waals surface area contributed by atoms with Crippen molar-refractivity contribution in [3.05, 3.63) is 70.4 Å². The van der Waals surface area contributed by atoms with Gasteiger partial charge in [0, 0.05) is 44.6 Å². The molecule has 4 aliphatic heterocycles. The summed E-state index contributed by atoms with van der Waals surface area (Å²) in [4.78, 5) is 43.3. The Labute approximate surface area is 380 Å². The molecule has 0 aromatic heterocycles. The maximum Gasteiger partial charge on any atom is 0.408 e. The largest absolute Gasteiger partial charge is 0.444 e. The lowest BCUT2D eigenvalue weighted by Gasteiger charge is -2.36. The molecular formula is C47H70ClF2N9O4. The Morgan fingerprint density at radius 3 is 1.81 bits per heavy atom. The average molecular weight is 899 g/mol. The van der Waals surface area contributed by atoms with Crippen LogP contribution in [-0.2, 0) is 22.3 Å². The standard InChI is InChI=1S/C19H23FN4O2.C10H19FN2O2.C9H5ClN2.C8H19N.CH4/c1-19(2,3)26-18(25)23-16-11-24(8-7-14(16)20)17-10-12-9-13(21-4)5-6-15(12)22-17;1-10(2,3)15-9(14)13-8-6-12-5-4-7(8)11;1-11-7-2-3-8-6(4-7)5-9(10)12-8;1-6-9(7(2)3)8(4)5;/h5-6,9,14,16H,7-8,10-11H2,1-3H3,(H,23,25);7-8,12H,4-6H2,1-3H3,(H,13,14);2-4H,5H2;7-8H,6H2,1-5H3;1H4/t14-,16-;7-,8-;;;/m11.../s1. The molecule has 2 fully saturated rings. The minimum absolute atomic E-state index is 0. The van der Waals surface area contributed by atoms with Crippen molar-refractivity contribution >= 4 is 57.5 Å². The first-order valence-corrected chi connectivity index (χ1v) is 21.7. The molecule has 2 aromatic rings. The SMILES string of the molecule is C.CC(C)(C)OC(=O)N[C@@H]1CNCC[C@H]1F.CCN(C(C)C)C(C)C.[C-]#[N+]c1ccc2c(c1)CC(Cl)=N2.[C-]#[N+]c1ccc2c(c1)CC(N1CC[C@@H](F)[C@H](NC(=O)OC(C)(C)C)C1)=N2. The Morgan fingerprint density at radius 1 is 0.857 bits per heavy atom. The third-order valence-electron chi connectivity index (χ3n) is 9.95. The highest BCUT2D eigenvalue weighted by Crippen LogP contribution is 2.33. The van der Waals surface area contributed by atoms with E-state index in [2.05, 4.69) is 75.1 Å². The fourth-order valence-corrected chi connectivity index (χ4v) is 7.38. The van der Waals surface area contributed by atoms with Crippen LogP contribution in [-0.4, -0.2) is 113 Å². The fourth-order valence-electron chi connectivity index (χ4n) is 7.15. The molecule has 0 bridgehead atoms. The number of nitrogens with zero attached hydrogens (tertiary/aromatic N) is 6. The summed E-state index contributed by atoms with van der Waals surface area (Å²) < 4.78 is 37.9. The molecule has 0 saturated carbocycles. The molecule has 2 saturated heterocycles. The van der Waals surface area contributed by atoms with Gasteiger partial charge in [-0.05, 0) is 118 Å². The van der Waals surface area contributed by atoms with Crippen molar-refractivity contribution < 1.29 is 27.8 Å². The van der Waals surface area contributed by atoms with Crippen LogP contribution in [0.3, 0.4) is 0 Å². The number of alkyl halides is 2. The van der Waals surface area contributed by atoms with Gasteiger partial charge in [0.25, 0.3) is 0 Å². The quantitative estimate of drug-likeness (QED) is 0.255. The summed E-state index contributed by atoms with van der Waals surface area (Å²) in [5, 5.41) is 8.80. The number of ether oxygens (including phenoxy) is 2. The number of rotatable bonds is 5. The van der Waals surface area contributed by atoms with E-state index in [0.717, 1.165) is 34.9 Å². The smallest absolute Gasteiger partial charge is 0.408 e. The van der Waals surface area contributed by atoms with Crippen LogP contribution in [0.1, 0.15) is 108 Å². The zero-order valence-corrected chi connectivity index (χ0v) is 39.0. The number of piperidine rings is 2. The number of likely N-dealkylation sites (tertiary alicyclic amines) is 1. The Hall–Kier alpha value is -4.83. The fraction of sp³-hybridized carbons (Fsp3) is 0.617. The molecular weight excluding hydrogens is 828 g/mol. The minimum Gasteiger partial charge on any atom is -0.444 e. The minimum atomic E-state index is -1.11. The monoisotopic (exact) mass is 898 g/mol. The van der Waals surface area contributed by atoms with Crippen LogP contribution in [0.25, 0.3) is 9.69 Å². The molecule has 63 heavy (non-hydrogen) atoms. The topological polar surface area (TPSA) is 129 Å². The number of hydrogen-bond donors (Lipinski definition) is 3. The summed E-state index contributed by atoms with van der Waals surface area (Å²) in [6.45, 7) is 38.9. The van der Waals surface area contributed by atoms with Crippen molar-refractivity contribution in [3.63, 3.8) is 0 Å². The van der Waals surface area contributed by atoms with E-state index in [0.29, 0.717) is 80.5 Å². The molecule has 348 valence electrons. The predicted molar refractivity (Wildman–Crippen MR) is 252 cm³/mol. The first kappa shape index (κ1) is 54.3. The van der Waals surface area contributed by atoms with Gasteiger partial charge in [0.05, 0.1) is 36.6 Å². The number of aliphatic imine (C=N–C) groups is 2. The summed E-state index contributed by atoms with van der Waals surface area (Å²) in [5.41, 5.74) is 3.88. The van der Waals surface area contributed by atoms with Gasteiger partial charge in [0.2, 0.25) is 0 Å². The number of fused-ring (bicyclic) bond motifs is 2. The highest BCUT2D eigenvalue weighted by molar-refractivity contribution is 6.66. The van der Waals surface area contributed by atoms with Crippen LogP contribution in [0.5, 0.6) is 0 Å². The molecule has 2 amide bonds. The van der Waals surface area contributed by atoms with Crippen LogP contribution in [0, 0.1) is 13.1 Å². The van der Waals surface area contributed by atoms with Crippen LogP contribution in [0.15, 0.2) is 46.4 Å². The number of hydrogen-bond acceptors (Lipinski definition) is 9. The van der Waals surface area contributed by atoms with E-state index in [1.807, 2.05) is 29.2 Å². The van der Waals surface area contributed by atoms with E-state index < -0.39 is 47.8 Å². The predicted octanol–water partition coefficient (Wildman–Crippen LogP) is 10.8. The first-order chi connectivity index (χ1) is 29.0. The number of carbonyl (C=O) groups excluding carboxylic acids is 2. The van der Waals surface area contributed by atoms with E-state index >= 15 is 0 Å². The third-order valence-corrected chi connectivity index (χ3v) is 10.2. The zero-order chi connectivity index (χ0) is 46.4. The third kappa shape index (κ3) is 18.4. The van der Waals surface area contributed by atoms with Crippen LogP contribution in [0.4, 0.5) is 41.1 Å². The van der Waals surface area contributed by atoms with E-state index in [1.54, 1.807) is 53.7 Å². The van der Waals surface area contributed by atoms with Crippen LogP contribution in [0.2, 0.25) is 0 Å². The van der Waals surface area contributed by atoms with E-state index in [-0.39, 0.29) is 7.43 Å². The Balaban J connectivity index is 0.000000314. The number of benzene rings is 2. The molecule has 4 heterocycles. The highest BCUT2D eigenvalue weighted by Gasteiger charge is 2.34. The molecule has 2 aromatic carbocycles. The van der Waals surface area contributed by atoms with Crippen molar-refractivity contribution in [2.75, 3.05) is 32.7 Å². The molecule has 4 aliphatic rings. The van der Waals surface area contributed by atoms with Crippen LogP contribution >= 0.6 is 11.6 Å². The Morgan fingerprint density at radius 2 is 1.35 bits per heavy atom. The Kier molecular flexibility index (Phi) is 21.4. The molecule has 16 heteroatoms. The van der Waals surface area contributed by atoms with Gasteiger partial charge in [-0.2, -0.15) is 0 Å². The molecule has 13 nitrogen and oxygen atoms in total. The average Bonchev–Trinajstić information content (AvgIpc) is 3.77. The lowest BCUT2D eigenvalue weighted by molar-refractivity contribution is 0.0428. The molecule has 4 atom stereocenters. The number of halogens is 3. The second-order valence-electron chi connectivity index (χ2n) is 18.0. The molecule has 6 rings (SSSR count). The van der Waals surface area contributed by atoms with Crippen molar-refractivity contribution in [1.29, 1.82) is 0 Å². The number of amides is 2. The van der Waals surface area contributed by atoms with Gasteiger partial charge < -0.3 is 30.3 Å². The van der Waals surface area contributed by atoms with Gasteiger partial charge >= 0.3 is 12.2 Å². The number of amidine groups is 1. The van der Waals surface area contributed by atoms with E-state index in [1.165, 1.54) is 0 Å². The van der Waals surface area contributed by atoms with Crippen LogP contribution < -0.4 is 16.0 Å². The zero-order valence-electron chi connectivity index (χ0n) is 38.2. The van der Waals surface area contributed by atoms with Gasteiger partial charge in [0.1, 0.15) is 34.6 Å². The van der Waals surface area contributed by atoms with Crippen molar-refractivity contribution in [2.45, 2.75) is 157 Å². The van der Waals surface area contributed by atoms with Gasteiger partial charge in [-0.15, -0.1) is 0 Å². The van der Waals surface area contributed by atoms with Gasteiger partial charge in [0.15, 0.2) is 11.4 Å². The summed E-state index contributed by atoms with van der Waals surface area (Å²) in [6, 6.07) is 11.1. The molecule has 0 radical (unpaired) electrons. The van der Waals surface area contributed by atoms with Crippen molar-refractivity contribution in [3.8, 4) is 0 Å². The summed E-state index contributed by atoms with van der Waals surface area (Å²) >= 11 is 5.75. The summed E-state index contributed by atoms with van der Waals surface area (Å²) in [6.07, 6.45) is -1.22. The Bertz CT molecular complexity index is 1960. The lowest BCUT2D eigenvalue weighted by atomic mass is 10.0.